The van der Waals surface area contributed by atoms with Gasteiger partial charge in [0.2, 0.25) is 0 Å². The van der Waals surface area contributed by atoms with E-state index in [0.717, 1.165) is 37.1 Å². The van der Waals surface area contributed by atoms with Gasteiger partial charge in [0.1, 0.15) is 0 Å². The zero-order valence-corrected chi connectivity index (χ0v) is 12.9. The van der Waals surface area contributed by atoms with E-state index in [-0.39, 0.29) is 24.4 Å². The van der Waals surface area contributed by atoms with Crippen LogP contribution in [0, 0.1) is 19.8 Å². The van der Waals surface area contributed by atoms with E-state index >= 15 is 0 Å². The summed E-state index contributed by atoms with van der Waals surface area (Å²) in [5.74, 6) is -0.601. The molecule has 0 unspecified atom stereocenters. The molecule has 2 rings (SSSR count). The highest BCUT2D eigenvalue weighted by molar-refractivity contribution is 5.93. The molecule has 116 valence electrons. The maximum absolute atomic E-state index is 11.9. The summed E-state index contributed by atoms with van der Waals surface area (Å²) in [6.45, 7) is 3.48. The third-order valence-corrected chi connectivity index (χ3v) is 4.06. The number of hydrogen-bond donors (Lipinski definition) is 1. The lowest BCUT2D eigenvalue weighted by molar-refractivity contribution is -0.152. The third-order valence-electron chi connectivity index (χ3n) is 4.06. The molecule has 0 bridgehead atoms. The molecule has 21 heavy (non-hydrogen) atoms. The average molecular weight is 293 g/mol. The van der Waals surface area contributed by atoms with Gasteiger partial charge in [-0.25, -0.2) is 0 Å². The molecule has 0 radical (unpaired) electrons. The zero-order chi connectivity index (χ0) is 15.4. The number of anilines is 1. The number of hydrogen-bond acceptors (Lipinski definition) is 4. The minimum atomic E-state index is -0.321. The van der Waals surface area contributed by atoms with Crippen LogP contribution in [0.4, 0.5) is 5.69 Å². The van der Waals surface area contributed by atoms with E-state index in [1.807, 2.05) is 20.9 Å². The van der Waals surface area contributed by atoms with Gasteiger partial charge < -0.3 is 10.1 Å². The molecule has 1 amide bonds. The number of nitrogens with zero attached hydrogens (tertiary/aromatic N) is 2. The predicted octanol–water partition coefficient (Wildman–Crippen LogP) is 2.10. The van der Waals surface area contributed by atoms with Crippen molar-refractivity contribution in [3.05, 3.63) is 11.4 Å². The van der Waals surface area contributed by atoms with Crippen molar-refractivity contribution in [1.29, 1.82) is 0 Å². The molecule has 1 N–H and O–H groups in total. The SMILES string of the molecule is Cc1nn(C)c(C)c1NC(=O)COC(=O)C1CCCCC1. The van der Waals surface area contributed by atoms with Crippen LogP contribution in [0.2, 0.25) is 0 Å². The fourth-order valence-electron chi connectivity index (χ4n) is 2.72. The molecule has 6 heteroatoms. The number of aryl methyl sites for hydroxylation is 2. The molecule has 1 aliphatic rings. The number of esters is 1. The van der Waals surface area contributed by atoms with Gasteiger partial charge in [-0.1, -0.05) is 19.3 Å². The monoisotopic (exact) mass is 293 g/mol. The molecular formula is C15H23N3O3. The average Bonchev–Trinajstić information content (AvgIpc) is 2.72. The van der Waals surface area contributed by atoms with Crippen molar-refractivity contribution in [2.45, 2.75) is 46.0 Å². The summed E-state index contributed by atoms with van der Waals surface area (Å²) < 4.78 is 6.83. The zero-order valence-electron chi connectivity index (χ0n) is 12.9. The Kier molecular flexibility index (Phi) is 4.98. The first kappa shape index (κ1) is 15.5. The van der Waals surface area contributed by atoms with Gasteiger partial charge in [0, 0.05) is 7.05 Å². The minimum absolute atomic E-state index is 0.0339. The van der Waals surface area contributed by atoms with Crippen molar-refractivity contribution in [3.63, 3.8) is 0 Å². The maximum atomic E-state index is 11.9. The van der Waals surface area contributed by atoms with Gasteiger partial charge in [-0.15, -0.1) is 0 Å². The van der Waals surface area contributed by atoms with Crippen LogP contribution < -0.4 is 5.32 Å². The van der Waals surface area contributed by atoms with Crippen molar-refractivity contribution in [2.24, 2.45) is 13.0 Å². The van der Waals surface area contributed by atoms with E-state index in [4.69, 9.17) is 4.74 Å². The highest BCUT2D eigenvalue weighted by Gasteiger charge is 2.23. The Morgan fingerprint density at radius 2 is 1.95 bits per heavy atom. The summed E-state index contributed by atoms with van der Waals surface area (Å²) in [5.41, 5.74) is 2.32. The topological polar surface area (TPSA) is 73.2 Å². The molecule has 0 spiro atoms. The lowest BCUT2D eigenvalue weighted by atomic mass is 9.89. The van der Waals surface area contributed by atoms with Crippen LogP contribution in [0.1, 0.15) is 43.5 Å². The second kappa shape index (κ2) is 6.74. The smallest absolute Gasteiger partial charge is 0.309 e. The molecule has 0 atom stereocenters. The van der Waals surface area contributed by atoms with Crippen LogP contribution >= 0.6 is 0 Å². The Hall–Kier alpha value is -1.85. The summed E-state index contributed by atoms with van der Waals surface area (Å²) in [6.07, 6.45) is 5.08. The second-order valence-electron chi connectivity index (χ2n) is 5.66. The molecule has 1 heterocycles. The molecule has 0 aliphatic heterocycles. The highest BCUT2D eigenvalue weighted by atomic mass is 16.5. The lowest BCUT2D eigenvalue weighted by Crippen LogP contribution is -2.26. The molecule has 1 aromatic heterocycles. The van der Waals surface area contributed by atoms with E-state index in [1.165, 1.54) is 6.42 Å². The quantitative estimate of drug-likeness (QED) is 0.863. The normalized spacial score (nSPS) is 15.8. The molecule has 1 fully saturated rings. The van der Waals surface area contributed by atoms with Crippen molar-refractivity contribution in [1.82, 2.24) is 9.78 Å². The Labute approximate surface area is 124 Å². The van der Waals surface area contributed by atoms with Crippen LogP contribution in [-0.4, -0.2) is 28.3 Å². The summed E-state index contributed by atoms with van der Waals surface area (Å²) in [7, 11) is 1.82. The van der Waals surface area contributed by atoms with E-state index in [1.54, 1.807) is 4.68 Å². The number of nitrogens with one attached hydrogen (secondary N) is 1. The molecule has 1 aromatic rings. The molecule has 0 aromatic carbocycles. The van der Waals surface area contributed by atoms with Crippen molar-refractivity contribution in [2.75, 3.05) is 11.9 Å². The lowest BCUT2D eigenvalue weighted by Gasteiger charge is -2.19. The molecular weight excluding hydrogens is 270 g/mol. The van der Waals surface area contributed by atoms with Crippen molar-refractivity contribution < 1.29 is 14.3 Å². The van der Waals surface area contributed by atoms with Gasteiger partial charge in [-0.05, 0) is 26.7 Å². The van der Waals surface area contributed by atoms with E-state index in [2.05, 4.69) is 10.4 Å². The minimum Gasteiger partial charge on any atom is -0.455 e. The summed E-state index contributed by atoms with van der Waals surface area (Å²) >= 11 is 0. The van der Waals surface area contributed by atoms with Crippen LogP contribution in [0.5, 0.6) is 0 Å². The third kappa shape index (κ3) is 3.83. The highest BCUT2D eigenvalue weighted by Crippen LogP contribution is 2.24. The number of ether oxygens (including phenoxy) is 1. The van der Waals surface area contributed by atoms with Gasteiger partial charge >= 0.3 is 5.97 Å². The Bertz CT molecular complexity index is 531. The maximum Gasteiger partial charge on any atom is 0.309 e. The van der Waals surface area contributed by atoms with Gasteiger partial charge in [0.25, 0.3) is 5.91 Å². The van der Waals surface area contributed by atoms with E-state index in [0.29, 0.717) is 5.69 Å². The fourth-order valence-corrected chi connectivity index (χ4v) is 2.72. The summed E-state index contributed by atoms with van der Waals surface area (Å²) in [5, 5.41) is 6.98. The number of aromatic nitrogens is 2. The number of rotatable bonds is 4. The largest absolute Gasteiger partial charge is 0.455 e. The van der Waals surface area contributed by atoms with Crippen molar-refractivity contribution in [3.8, 4) is 0 Å². The summed E-state index contributed by atoms with van der Waals surface area (Å²) in [6, 6.07) is 0. The number of amides is 1. The molecule has 1 aliphatic carbocycles. The first-order valence-corrected chi connectivity index (χ1v) is 7.45. The Morgan fingerprint density at radius 1 is 1.29 bits per heavy atom. The van der Waals surface area contributed by atoms with Gasteiger partial charge in [0.15, 0.2) is 6.61 Å². The van der Waals surface area contributed by atoms with Crippen LogP contribution in [0.25, 0.3) is 0 Å². The molecule has 6 nitrogen and oxygen atoms in total. The standard InChI is InChI=1S/C15H23N3O3/c1-10-14(11(2)18(3)17-10)16-13(19)9-21-15(20)12-7-5-4-6-8-12/h12H,4-9H2,1-3H3,(H,16,19). The summed E-state index contributed by atoms with van der Waals surface area (Å²) in [4.78, 5) is 23.8. The second-order valence-corrected chi connectivity index (χ2v) is 5.66. The van der Waals surface area contributed by atoms with Gasteiger partial charge in [-0.2, -0.15) is 5.10 Å². The molecule has 1 saturated carbocycles. The fraction of sp³-hybridized carbons (Fsp3) is 0.667. The van der Waals surface area contributed by atoms with E-state index < -0.39 is 0 Å². The van der Waals surface area contributed by atoms with Crippen LogP contribution in [0.15, 0.2) is 0 Å². The first-order valence-electron chi connectivity index (χ1n) is 7.45. The number of carbonyl (C=O) groups excluding carboxylic acids is 2. The van der Waals surface area contributed by atoms with Gasteiger partial charge in [0.05, 0.1) is 23.0 Å². The predicted molar refractivity (Wildman–Crippen MR) is 78.8 cm³/mol. The first-order chi connectivity index (χ1) is 9.99. The molecule has 0 saturated heterocycles. The number of carbonyl (C=O) groups is 2. The van der Waals surface area contributed by atoms with Crippen LogP contribution in [0.3, 0.4) is 0 Å². The Balaban J connectivity index is 1.83. The van der Waals surface area contributed by atoms with Crippen LogP contribution in [-0.2, 0) is 21.4 Å². The Morgan fingerprint density at radius 3 is 2.52 bits per heavy atom. The van der Waals surface area contributed by atoms with E-state index in [9.17, 15) is 9.59 Å². The van der Waals surface area contributed by atoms with Crippen molar-refractivity contribution >= 4 is 17.6 Å². The van der Waals surface area contributed by atoms with Gasteiger partial charge in [-0.3, -0.25) is 14.3 Å².